The molecule has 6 amide bonds. The number of fused-ring (bicyclic) bond motifs is 6. The van der Waals surface area contributed by atoms with Gasteiger partial charge in [0, 0.05) is 139 Å². The molecule has 6 heterocycles. The number of hydrogen-bond acceptors (Lipinski definition) is 31. The van der Waals surface area contributed by atoms with E-state index in [1.807, 2.05) is 55.5 Å². The standard InChI is InChI=1S/C24H29NO4S.C19H23ClN2O3S.C18H13Br2NO4S.C15H16N2O4S.C15H15NO5S.C12H10BrNO4S/c1-4-25(5-2)15-17-12-13-18-21(24(28)29-6-3)20(30-23(18)22(17)27)14-19(26)16-10-8-7-9-11-16;1-3-6-15(25)16-14-8-7-13(11-21-9-4-5-10-23)17(20)18(14)26-19(16)22-12(2)24;1-2-25-18(24)13-12-10(19)8-11(20)14(22)15(12)26-17(13)21-16(23)9-6-4-3-5-7-9;1-4-21-15(20)12-10-6-5-7-11(16-8(2)18)13(10)22-14(12)17-9(3)19;1-4-20-15(19)12-10-6-5-7-11(21-9(3)18)13(10)22-14(12)16-8(2)17;1-5(15)14-11-8(12(16)17)6-3-4-7(13)9(18-2)10(6)19-11/h7-13,20-21,27H,4-6,14-15H2,1-3H3;7-8,11,23H,3-6,9-10H2,1-2H3,(H,22,24);3-8,22H,2H2,1H3,(H,21,23);5-7H,4H2,1-3H3,(H,16,18)(H,17,19);5-7H,4H2,1-3H3,(H,16,17);3-4H,1-2H3,(H,14,15)(H,16,17). The summed E-state index contributed by atoms with van der Waals surface area (Å²) in [7, 11) is 1.51. The molecule has 2 atom stereocenters. The summed E-state index contributed by atoms with van der Waals surface area (Å²) < 4.78 is 36.1. The van der Waals surface area contributed by atoms with Gasteiger partial charge in [0.15, 0.2) is 17.3 Å². The van der Waals surface area contributed by atoms with Crippen LogP contribution in [0.25, 0.3) is 50.4 Å². The molecule has 766 valence electrons. The van der Waals surface area contributed by atoms with Crippen LogP contribution in [0.3, 0.4) is 0 Å². The number of carbonyl (C=O) groups is 14. The van der Waals surface area contributed by atoms with Gasteiger partial charge in [-0.2, -0.15) is 0 Å². The van der Waals surface area contributed by atoms with E-state index in [1.165, 1.54) is 106 Å². The highest BCUT2D eigenvalue weighted by atomic mass is 79.9. The predicted octanol–water partition coefficient (Wildman–Crippen LogP) is 24.2. The third-order valence-electron chi connectivity index (χ3n) is 20.9. The van der Waals surface area contributed by atoms with Crippen molar-refractivity contribution in [3.63, 3.8) is 0 Å². The van der Waals surface area contributed by atoms with Crippen molar-refractivity contribution in [1.82, 2.24) is 4.90 Å². The number of anilines is 6. The molecule has 145 heavy (non-hydrogen) atoms. The van der Waals surface area contributed by atoms with E-state index in [-0.39, 0.29) is 126 Å². The van der Waals surface area contributed by atoms with Crippen LogP contribution >= 0.6 is 128 Å². The number of thioether (sulfide) groups is 1. The number of aliphatic hydroxyl groups is 1. The molecular weight excluding hydrogens is 2200 g/mol. The van der Waals surface area contributed by atoms with Crippen molar-refractivity contribution in [3.05, 3.63) is 214 Å². The van der Waals surface area contributed by atoms with Gasteiger partial charge in [0.05, 0.1) is 93.1 Å². The lowest BCUT2D eigenvalue weighted by Crippen LogP contribution is -2.25. The summed E-state index contributed by atoms with van der Waals surface area (Å²) in [6.07, 6.45) is 4.61. The average Bonchev–Trinajstić information content (AvgIpc) is 1.64. The normalized spacial score (nSPS) is 12.1. The number of ether oxygens (including phenoxy) is 6. The number of carboxylic acids is 1. The number of nitrogens with zero attached hydrogens (tertiary/aromatic N) is 2. The van der Waals surface area contributed by atoms with Gasteiger partial charge in [-0.1, -0.05) is 151 Å². The number of ketones is 2. The van der Waals surface area contributed by atoms with Crippen molar-refractivity contribution in [2.24, 2.45) is 4.99 Å². The molecule has 2 unspecified atom stereocenters. The molecule has 0 aliphatic carbocycles. The number of phenolic OH excluding ortho intramolecular Hbond substituents is 2. The molecule has 13 aromatic rings. The summed E-state index contributed by atoms with van der Waals surface area (Å²) >= 11 is 24.0. The number of phenols is 2. The summed E-state index contributed by atoms with van der Waals surface area (Å²) in [5.41, 5.74) is 5.46. The van der Waals surface area contributed by atoms with Crippen molar-refractivity contribution in [2.45, 2.75) is 145 Å². The second-order valence-corrected chi connectivity index (χ2v) is 40.6. The molecule has 14 rings (SSSR count). The topological polar surface area (TPSA) is 463 Å². The fraction of sp³-hybridized carbons (Fsp3) is 0.291. The summed E-state index contributed by atoms with van der Waals surface area (Å²) in [6, 6.07) is 40.6. The quantitative estimate of drug-likeness (QED) is 0.00456. The van der Waals surface area contributed by atoms with Crippen molar-refractivity contribution in [1.29, 1.82) is 0 Å². The smallest absolute Gasteiger partial charge is 0.341 e. The highest BCUT2D eigenvalue weighted by Crippen LogP contribution is 2.54. The lowest BCUT2D eigenvalue weighted by atomic mass is 9.91. The van der Waals surface area contributed by atoms with E-state index in [0.29, 0.717) is 143 Å². The number of hydrogen-bond donors (Lipinski definition) is 10. The molecule has 0 spiro atoms. The van der Waals surface area contributed by atoms with Gasteiger partial charge in [0.2, 0.25) is 29.5 Å². The molecule has 0 radical (unpaired) electrons. The van der Waals surface area contributed by atoms with Crippen LogP contribution in [0.15, 0.2) is 163 Å². The fourth-order valence-corrected chi connectivity index (χ4v) is 24.8. The van der Waals surface area contributed by atoms with Crippen LogP contribution in [-0.2, 0) is 59.1 Å². The summed E-state index contributed by atoms with van der Waals surface area (Å²) in [6.45, 7) is 25.4. The largest absolute Gasteiger partial charge is 0.506 e. The van der Waals surface area contributed by atoms with Crippen LogP contribution in [0.1, 0.15) is 217 Å². The Balaban J connectivity index is 0.000000195. The monoisotopic (exact) mass is 2300 g/mol. The van der Waals surface area contributed by atoms with E-state index in [2.05, 4.69) is 103 Å². The van der Waals surface area contributed by atoms with Crippen LogP contribution in [0.4, 0.5) is 30.7 Å². The number of aliphatic hydroxyl groups excluding tert-OH is 1. The molecule has 0 fully saturated rings. The highest BCUT2D eigenvalue weighted by molar-refractivity contribution is 9.11. The number of rotatable bonds is 33. The number of aliphatic imine (C=N–C) groups is 1. The molecule has 42 heteroatoms. The third kappa shape index (κ3) is 30.2. The molecular formula is C103H106Br3ClN8O24S6. The Hall–Kier alpha value is -12.4. The van der Waals surface area contributed by atoms with E-state index in [0.717, 1.165) is 74.9 Å². The van der Waals surface area contributed by atoms with Gasteiger partial charge in [-0.25, -0.2) is 19.2 Å². The maximum absolute atomic E-state index is 12.8. The molecule has 32 nitrogen and oxygen atoms in total. The van der Waals surface area contributed by atoms with E-state index < -0.39 is 35.8 Å². The second kappa shape index (κ2) is 55.8. The van der Waals surface area contributed by atoms with E-state index in [4.69, 9.17) is 45.1 Å². The number of thiophene rings is 5. The van der Waals surface area contributed by atoms with Crippen LogP contribution < -0.4 is 41.4 Å². The van der Waals surface area contributed by atoms with Gasteiger partial charge in [-0.3, -0.25) is 57.8 Å². The maximum Gasteiger partial charge on any atom is 0.341 e. The zero-order valence-electron chi connectivity index (χ0n) is 81.2. The number of aromatic hydroxyl groups is 2. The molecule has 10 N–H and O–H groups in total. The van der Waals surface area contributed by atoms with Crippen molar-refractivity contribution < 1.29 is 116 Å². The zero-order chi connectivity index (χ0) is 106. The Labute approximate surface area is 889 Å². The van der Waals surface area contributed by atoms with Crippen molar-refractivity contribution >= 4 is 298 Å². The van der Waals surface area contributed by atoms with Gasteiger partial charge in [0.25, 0.3) is 5.91 Å². The van der Waals surface area contributed by atoms with Gasteiger partial charge >= 0.3 is 35.8 Å². The van der Waals surface area contributed by atoms with E-state index in [9.17, 15) is 82.4 Å². The SMILES string of the molecule is CCCC(=O)c1c(NC(C)=O)sc2c(Cl)c(C=NCCCCO)ccc12.CCOC(=O)C1c2ccc(CN(CC)CC)c(O)c2SC1CC(=O)c1ccccc1.CCOC(=O)c1c(NC(=O)c2ccccc2)sc2c(O)c(Br)cc(Br)c12.CCOC(=O)c1c(NC(C)=O)sc2c(NC(C)=O)cccc12.CCOC(=O)c1c(NC(C)=O)sc2c(OC(C)=O)cccc12.COc1c(Br)ccc2c(C(=O)O)c(NC(C)=O)sc12. The Kier molecular flexibility index (Phi) is 44.7. The molecule has 5 aromatic heterocycles. The lowest BCUT2D eigenvalue weighted by Gasteiger charge is -2.20. The molecule has 1 aliphatic heterocycles. The molecule has 0 saturated carbocycles. The first-order valence-corrected chi connectivity index (χ1v) is 53.1. The second-order valence-electron chi connectivity index (χ2n) is 31.3. The minimum absolute atomic E-state index is 0.000964. The lowest BCUT2D eigenvalue weighted by molar-refractivity contribution is -0.145. The first-order chi connectivity index (χ1) is 69.2. The van der Waals surface area contributed by atoms with E-state index >= 15 is 0 Å². The maximum atomic E-state index is 12.8. The molecule has 0 bridgehead atoms. The molecule has 8 aromatic carbocycles. The highest BCUT2D eigenvalue weighted by Gasteiger charge is 2.43. The number of aromatic carboxylic acids is 1. The number of carbonyl (C=O) groups excluding carboxylic acids is 13. The third-order valence-corrected chi connectivity index (χ3v) is 30.3. The number of carboxylic acid groups (broad SMARTS) is 1. The van der Waals surface area contributed by atoms with Crippen molar-refractivity contribution in [2.75, 3.05) is 91.7 Å². The van der Waals surface area contributed by atoms with Gasteiger partial charge in [-0.15, -0.1) is 68.4 Å². The van der Waals surface area contributed by atoms with Crippen molar-refractivity contribution in [3.8, 4) is 23.0 Å². The number of esters is 5. The summed E-state index contributed by atoms with van der Waals surface area (Å²) in [5, 5.41) is 60.7. The first-order valence-electron chi connectivity index (χ1n) is 45.3. The number of Topliss-reactive ketones (excluding diaryl/α,β-unsaturated/α-hetero) is 2. The van der Waals surface area contributed by atoms with E-state index in [1.54, 1.807) is 125 Å². The number of unbranched alkanes of at least 4 members (excludes halogenated alkanes) is 1. The fourth-order valence-electron chi connectivity index (χ4n) is 14.7. The summed E-state index contributed by atoms with van der Waals surface area (Å²) in [4.78, 5) is 174. The number of benzene rings is 8. The predicted molar refractivity (Wildman–Crippen MR) is 585 cm³/mol. The first kappa shape index (κ1) is 116. The van der Waals surface area contributed by atoms with Gasteiger partial charge < -0.3 is 80.7 Å². The Morgan fingerprint density at radius 1 is 0.490 bits per heavy atom. The Morgan fingerprint density at radius 3 is 1.52 bits per heavy atom. The van der Waals surface area contributed by atoms with Crippen LogP contribution in [0.5, 0.6) is 23.0 Å². The summed E-state index contributed by atoms with van der Waals surface area (Å²) in [5.74, 6) is -4.61. The van der Waals surface area contributed by atoms with Crippen LogP contribution in [0, 0.1) is 0 Å². The Morgan fingerprint density at radius 2 is 0.986 bits per heavy atom. The van der Waals surface area contributed by atoms with Crippen LogP contribution in [-0.4, -0.2) is 179 Å². The minimum atomic E-state index is -1.08. The van der Waals surface area contributed by atoms with Gasteiger partial charge in [0.1, 0.15) is 64.5 Å². The minimum Gasteiger partial charge on any atom is -0.506 e. The van der Waals surface area contributed by atoms with Gasteiger partial charge in [-0.05, 0) is 134 Å². The molecule has 0 saturated heterocycles. The number of methoxy groups -OCH3 is 1. The van der Waals surface area contributed by atoms with Crippen LogP contribution in [0.2, 0.25) is 5.02 Å². The number of nitrogens with one attached hydrogen (secondary N) is 6. The Bertz CT molecular complexity index is 6910. The average molecular weight is 2310 g/mol. The number of amides is 6. The number of halogens is 4. The zero-order valence-corrected chi connectivity index (χ0v) is 91.6. The molecule has 1 aliphatic rings.